The van der Waals surface area contributed by atoms with Crippen molar-refractivity contribution in [3.63, 3.8) is 0 Å². The van der Waals surface area contributed by atoms with Crippen molar-refractivity contribution in [2.75, 3.05) is 6.61 Å². The van der Waals surface area contributed by atoms with Crippen LogP contribution in [0.4, 0.5) is 0 Å². The zero-order valence-corrected chi connectivity index (χ0v) is 7.43. The van der Waals surface area contributed by atoms with Crippen LogP contribution in [0.25, 0.3) is 0 Å². The van der Waals surface area contributed by atoms with E-state index in [1.165, 1.54) is 0 Å². The van der Waals surface area contributed by atoms with E-state index in [2.05, 4.69) is 0 Å². The Labute approximate surface area is 77.0 Å². The molecule has 1 aromatic carbocycles. The highest BCUT2D eigenvalue weighted by molar-refractivity contribution is 5.59. The number of hydrogen-bond acceptors (Lipinski definition) is 3. The fraction of sp³-hybridized carbons (Fsp3) is 0.300. The molecular weight excluding hydrogens is 168 g/mol. The molecule has 0 spiro atoms. The van der Waals surface area contributed by atoms with Crippen molar-refractivity contribution in [3.05, 3.63) is 29.8 Å². The Morgan fingerprint density at radius 1 is 1.62 bits per heavy atom. The van der Waals surface area contributed by atoms with Crippen molar-refractivity contribution in [2.45, 2.75) is 13.0 Å². The number of hydrogen-bond donors (Lipinski definition) is 1. The third-order valence-corrected chi connectivity index (χ3v) is 1.64. The first-order chi connectivity index (χ1) is 6.27. The molecule has 0 aliphatic rings. The Bertz CT molecular complexity index is 283. The summed E-state index contributed by atoms with van der Waals surface area (Å²) in [6.45, 7) is 2.45. The van der Waals surface area contributed by atoms with Crippen molar-refractivity contribution < 1.29 is 14.6 Å². The summed E-state index contributed by atoms with van der Waals surface area (Å²) in [5, 5.41) is 9.20. The lowest BCUT2D eigenvalue weighted by molar-refractivity contribution is -0.115. The van der Waals surface area contributed by atoms with Gasteiger partial charge >= 0.3 is 0 Å². The smallest absolute Gasteiger partial charge is 0.153 e. The number of carbonyl (C=O) groups excluding carboxylic acids is 1. The van der Waals surface area contributed by atoms with Crippen LogP contribution in [0.1, 0.15) is 18.6 Å². The number of rotatable bonds is 4. The minimum atomic E-state index is -1.06. The van der Waals surface area contributed by atoms with Crippen molar-refractivity contribution in [3.8, 4) is 5.75 Å². The highest BCUT2D eigenvalue weighted by Gasteiger charge is 2.05. The number of carbonyl (C=O) groups is 1. The molecule has 0 heterocycles. The summed E-state index contributed by atoms with van der Waals surface area (Å²) in [7, 11) is 0. The number of benzene rings is 1. The van der Waals surface area contributed by atoms with Crippen LogP contribution in [0.5, 0.6) is 5.75 Å². The molecule has 1 atom stereocenters. The molecule has 70 valence electrons. The van der Waals surface area contributed by atoms with Crippen LogP contribution in [0.3, 0.4) is 0 Å². The van der Waals surface area contributed by atoms with E-state index < -0.39 is 6.10 Å². The monoisotopic (exact) mass is 180 g/mol. The van der Waals surface area contributed by atoms with Gasteiger partial charge in [-0.3, -0.25) is 0 Å². The lowest BCUT2D eigenvalue weighted by Gasteiger charge is -2.06. The second kappa shape index (κ2) is 4.62. The van der Waals surface area contributed by atoms with Crippen molar-refractivity contribution >= 4 is 6.29 Å². The van der Waals surface area contributed by atoms with Gasteiger partial charge in [-0.2, -0.15) is 0 Å². The average Bonchev–Trinajstić information content (AvgIpc) is 2.18. The molecule has 0 saturated carbocycles. The van der Waals surface area contributed by atoms with Gasteiger partial charge in [0.25, 0.3) is 0 Å². The van der Waals surface area contributed by atoms with Gasteiger partial charge in [0.1, 0.15) is 11.9 Å². The fourth-order valence-electron chi connectivity index (χ4n) is 1.03. The topological polar surface area (TPSA) is 46.5 Å². The van der Waals surface area contributed by atoms with Gasteiger partial charge in [-0.05, 0) is 24.6 Å². The SMILES string of the molecule is CCOc1cccc(C(O)C=O)c1. The van der Waals surface area contributed by atoms with Gasteiger partial charge in [-0.15, -0.1) is 0 Å². The second-order valence-electron chi connectivity index (χ2n) is 2.59. The summed E-state index contributed by atoms with van der Waals surface area (Å²) in [5.41, 5.74) is 0.556. The molecule has 0 aliphatic heterocycles. The van der Waals surface area contributed by atoms with Crippen LogP contribution >= 0.6 is 0 Å². The molecule has 0 radical (unpaired) electrons. The Morgan fingerprint density at radius 2 is 2.38 bits per heavy atom. The zero-order chi connectivity index (χ0) is 9.68. The zero-order valence-electron chi connectivity index (χ0n) is 7.43. The molecule has 0 aliphatic carbocycles. The molecule has 0 fully saturated rings. The molecule has 1 rings (SSSR count). The minimum absolute atomic E-state index is 0.491. The molecule has 13 heavy (non-hydrogen) atoms. The Morgan fingerprint density at radius 3 is 3.00 bits per heavy atom. The summed E-state index contributed by atoms with van der Waals surface area (Å²) in [6.07, 6.45) is -0.564. The third kappa shape index (κ3) is 2.56. The minimum Gasteiger partial charge on any atom is -0.494 e. The van der Waals surface area contributed by atoms with Crippen molar-refractivity contribution in [1.29, 1.82) is 0 Å². The fourth-order valence-corrected chi connectivity index (χ4v) is 1.03. The van der Waals surface area contributed by atoms with E-state index in [-0.39, 0.29) is 0 Å². The number of ether oxygens (including phenoxy) is 1. The van der Waals surface area contributed by atoms with Gasteiger partial charge in [-0.1, -0.05) is 12.1 Å². The van der Waals surface area contributed by atoms with Gasteiger partial charge in [0.15, 0.2) is 6.29 Å². The average molecular weight is 180 g/mol. The number of aliphatic hydroxyl groups excluding tert-OH is 1. The van der Waals surface area contributed by atoms with E-state index in [1.807, 2.05) is 6.92 Å². The summed E-state index contributed by atoms with van der Waals surface area (Å²) >= 11 is 0. The highest BCUT2D eigenvalue weighted by atomic mass is 16.5. The van der Waals surface area contributed by atoms with Crippen molar-refractivity contribution in [1.82, 2.24) is 0 Å². The van der Waals surface area contributed by atoms with Crippen LogP contribution in [0, 0.1) is 0 Å². The molecule has 1 unspecified atom stereocenters. The molecule has 3 heteroatoms. The van der Waals surface area contributed by atoms with E-state index in [1.54, 1.807) is 24.3 Å². The maximum atomic E-state index is 10.3. The third-order valence-electron chi connectivity index (χ3n) is 1.64. The first kappa shape index (κ1) is 9.74. The summed E-state index contributed by atoms with van der Waals surface area (Å²) < 4.78 is 5.21. The van der Waals surface area contributed by atoms with Crippen LogP contribution in [0.2, 0.25) is 0 Å². The lowest BCUT2D eigenvalue weighted by Crippen LogP contribution is -1.99. The first-order valence-electron chi connectivity index (χ1n) is 4.14. The molecule has 0 amide bonds. The van der Waals surface area contributed by atoms with Gasteiger partial charge in [0.05, 0.1) is 6.61 Å². The molecule has 0 saturated heterocycles. The van der Waals surface area contributed by atoms with E-state index in [9.17, 15) is 9.90 Å². The predicted molar refractivity (Wildman–Crippen MR) is 48.6 cm³/mol. The predicted octanol–water partition coefficient (Wildman–Crippen LogP) is 1.32. The standard InChI is InChI=1S/C10H12O3/c1-2-13-9-5-3-4-8(6-9)10(12)7-11/h3-7,10,12H,2H2,1H3. The summed E-state index contributed by atoms with van der Waals surface area (Å²) in [6, 6.07) is 6.86. The van der Waals surface area contributed by atoms with Crippen molar-refractivity contribution in [2.24, 2.45) is 0 Å². The van der Waals surface area contributed by atoms with Gasteiger partial charge in [-0.25, -0.2) is 0 Å². The van der Waals surface area contributed by atoms with E-state index >= 15 is 0 Å². The van der Waals surface area contributed by atoms with Gasteiger partial charge < -0.3 is 14.6 Å². The van der Waals surface area contributed by atoms with Gasteiger partial charge in [0.2, 0.25) is 0 Å². The quantitative estimate of drug-likeness (QED) is 0.711. The number of aldehydes is 1. The first-order valence-corrected chi connectivity index (χ1v) is 4.14. The molecule has 3 nitrogen and oxygen atoms in total. The Hall–Kier alpha value is -1.35. The number of aliphatic hydroxyl groups is 1. The van der Waals surface area contributed by atoms with Crippen LogP contribution in [0.15, 0.2) is 24.3 Å². The van der Waals surface area contributed by atoms with E-state index in [4.69, 9.17) is 4.74 Å². The molecule has 1 N–H and O–H groups in total. The maximum absolute atomic E-state index is 10.3. The van der Waals surface area contributed by atoms with Crippen LogP contribution in [-0.4, -0.2) is 18.0 Å². The summed E-state index contributed by atoms with van der Waals surface area (Å²) in [4.78, 5) is 10.3. The highest BCUT2D eigenvalue weighted by Crippen LogP contribution is 2.17. The van der Waals surface area contributed by atoms with Crippen LogP contribution < -0.4 is 4.74 Å². The maximum Gasteiger partial charge on any atom is 0.153 e. The normalized spacial score (nSPS) is 12.2. The van der Waals surface area contributed by atoms with E-state index in [0.29, 0.717) is 24.2 Å². The van der Waals surface area contributed by atoms with E-state index in [0.717, 1.165) is 0 Å². The largest absolute Gasteiger partial charge is 0.494 e. The lowest BCUT2D eigenvalue weighted by atomic mass is 10.1. The Balaban J connectivity index is 2.84. The molecular formula is C10H12O3. The Kier molecular flexibility index (Phi) is 3.46. The van der Waals surface area contributed by atoms with Gasteiger partial charge in [0, 0.05) is 0 Å². The molecule has 0 bridgehead atoms. The van der Waals surface area contributed by atoms with Crippen LogP contribution in [-0.2, 0) is 4.79 Å². The molecule has 1 aromatic rings. The molecule has 0 aromatic heterocycles. The second-order valence-corrected chi connectivity index (χ2v) is 2.59. The summed E-state index contributed by atoms with van der Waals surface area (Å²) in [5.74, 6) is 0.668.